The Morgan fingerprint density at radius 2 is 1.83 bits per heavy atom. The predicted molar refractivity (Wildman–Crippen MR) is 152 cm³/mol. The zero-order valence-corrected chi connectivity index (χ0v) is 22.1. The van der Waals surface area contributed by atoms with Crippen LogP contribution in [0.3, 0.4) is 0 Å². The van der Waals surface area contributed by atoms with Crippen LogP contribution >= 0.6 is 11.8 Å². The van der Waals surface area contributed by atoms with Crippen molar-refractivity contribution in [2.75, 3.05) is 49.5 Å². The molecule has 3 aliphatic heterocycles. The molecular weight excluding hydrogens is 466 g/mol. The highest BCUT2D eigenvalue weighted by Crippen LogP contribution is 2.33. The zero-order valence-electron chi connectivity index (χ0n) is 21.3. The van der Waals surface area contributed by atoms with Crippen molar-refractivity contribution in [1.29, 1.82) is 0 Å². The van der Waals surface area contributed by atoms with Crippen LogP contribution in [0.15, 0.2) is 71.7 Å². The summed E-state index contributed by atoms with van der Waals surface area (Å²) in [5, 5.41) is 9.85. The number of hydrogen-bond acceptors (Lipinski definition) is 8. The van der Waals surface area contributed by atoms with E-state index >= 15 is 0 Å². The Labute approximate surface area is 219 Å². The number of nitrogens with two attached hydrogens (primary N) is 1. The molecule has 1 aromatic heterocycles. The number of allylic oxidation sites excluding steroid dienone is 1. The highest BCUT2D eigenvalue weighted by atomic mass is 32.2. The Kier molecular flexibility index (Phi) is 8.48. The molecule has 5 rings (SSSR count). The van der Waals surface area contributed by atoms with Crippen LogP contribution in [-0.2, 0) is 6.54 Å². The number of para-hydroxylation sites is 2. The van der Waals surface area contributed by atoms with Crippen molar-refractivity contribution < 1.29 is 0 Å². The lowest BCUT2D eigenvalue weighted by molar-refractivity contribution is 0.113. The summed E-state index contributed by atoms with van der Waals surface area (Å²) in [6.07, 6.45) is 9.13. The maximum absolute atomic E-state index is 6.15. The average Bonchev–Trinajstić information content (AvgIpc) is 3.41. The third-order valence-corrected chi connectivity index (χ3v) is 8.29. The van der Waals surface area contributed by atoms with E-state index in [4.69, 9.17) is 5.73 Å². The molecular formula is C28H39N7S. The van der Waals surface area contributed by atoms with Gasteiger partial charge in [-0.15, -0.1) is 0 Å². The number of benzene rings is 1. The highest BCUT2D eigenvalue weighted by molar-refractivity contribution is 8.02. The predicted octanol–water partition coefficient (Wildman–Crippen LogP) is 3.99. The fourth-order valence-corrected chi connectivity index (χ4v) is 6.17. The first kappa shape index (κ1) is 25.1. The maximum Gasteiger partial charge on any atom is 0.132 e. The minimum absolute atomic E-state index is 0.281. The topological polar surface area (TPSA) is 72.7 Å². The van der Waals surface area contributed by atoms with Gasteiger partial charge in [0.2, 0.25) is 0 Å². The van der Waals surface area contributed by atoms with Gasteiger partial charge < -0.3 is 21.3 Å². The molecule has 2 aromatic rings. The van der Waals surface area contributed by atoms with Crippen LogP contribution in [0.25, 0.3) is 0 Å². The average molecular weight is 506 g/mol. The molecule has 1 aromatic carbocycles. The van der Waals surface area contributed by atoms with Gasteiger partial charge in [-0.25, -0.2) is 0 Å². The number of thioether (sulfide) groups is 1. The van der Waals surface area contributed by atoms with E-state index in [-0.39, 0.29) is 5.50 Å². The van der Waals surface area contributed by atoms with Gasteiger partial charge in [-0.1, -0.05) is 36.9 Å². The number of nitrogens with one attached hydrogen (secondary N) is 2. The molecule has 8 heteroatoms. The van der Waals surface area contributed by atoms with Gasteiger partial charge in [-0.05, 0) is 54.5 Å². The van der Waals surface area contributed by atoms with Crippen molar-refractivity contribution in [2.24, 2.45) is 5.73 Å². The minimum Gasteiger partial charge on any atom is -0.370 e. The molecule has 192 valence electrons. The summed E-state index contributed by atoms with van der Waals surface area (Å²) in [5.74, 6) is 0. The molecule has 7 nitrogen and oxygen atoms in total. The summed E-state index contributed by atoms with van der Waals surface area (Å²) in [4.78, 5) is 11.7. The van der Waals surface area contributed by atoms with Gasteiger partial charge in [-0.2, -0.15) is 0 Å². The van der Waals surface area contributed by atoms with E-state index in [2.05, 4.69) is 85.1 Å². The first-order valence-electron chi connectivity index (χ1n) is 13.2. The molecule has 0 saturated carbocycles. The van der Waals surface area contributed by atoms with Gasteiger partial charge in [0.25, 0.3) is 0 Å². The van der Waals surface area contributed by atoms with Crippen molar-refractivity contribution in [3.05, 3.63) is 77.2 Å². The second-order valence-corrected chi connectivity index (χ2v) is 10.8. The third kappa shape index (κ3) is 6.24. The largest absolute Gasteiger partial charge is 0.370 e. The molecule has 2 fully saturated rings. The summed E-state index contributed by atoms with van der Waals surface area (Å²) in [6.45, 7) is 9.52. The quantitative estimate of drug-likeness (QED) is 0.497. The molecule has 0 radical (unpaired) electrons. The molecule has 0 spiro atoms. The lowest BCUT2D eigenvalue weighted by atomic mass is 10.0. The number of nitrogens with zero attached hydrogens (tertiary/aromatic N) is 4. The maximum atomic E-state index is 6.15. The zero-order chi connectivity index (χ0) is 24.7. The molecule has 1 unspecified atom stereocenters. The summed E-state index contributed by atoms with van der Waals surface area (Å²) in [5.41, 5.74) is 12.5. The molecule has 2 saturated heterocycles. The van der Waals surface area contributed by atoms with E-state index in [9.17, 15) is 0 Å². The van der Waals surface area contributed by atoms with Gasteiger partial charge in [0.05, 0.1) is 22.8 Å². The van der Waals surface area contributed by atoms with Gasteiger partial charge >= 0.3 is 0 Å². The van der Waals surface area contributed by atoms with Crippen LogP contribution in [0.2, 0.25) is 0 Å². The molecule has 1 atom stereocenters. The monoisotopic (exact) mass is 505 g/mol. The van der Waals surface area contributed by atoms with E-state index in [1.165, 1.54) is 16.9 Å². The number of piperazine rings is 1. The first-order valence-corrected chi connectivity index (χ1v) is 14.2. The third-order valence-electron chi connectivity index (χ3n) is 7.24. The van der Waals surface area contributed by atoms with Crippen LogP contribution in [-0.4, -0.2) is 65.6 Å². The Morgan fingerprint density at radius 1 is 1.08 bits per heavy atom. The van der Waals surface area contributed by atoms with Crippen molar-refractivity contribution in [3.8, 4) is 0 Å². The molecule has 0 amide bonds. The van der Waals surface area contributed by atoms with Crippen LogP contribution in [0, 0.1) is 0 Å². The van der Waals surface area contributed by atoms with Crippen molar-refractivity contribution in [3.63, 3.8) is 0 Å². The minimum atomic E-state index is 0.281. The Bertz CT molecular complexity index is 1040. The summed E-state index contributed by atoms with van der Waals surface area (Å²) in [7, 11) is 0. The van der Waals surface area contributed by atoms with Gasteiger partial charge in [0.1, 0.15) is 5.50 Å². The number of aromatic nitrogens is 1. The van der Waals surface area contributed by atoms with Crippen molar-refractivity contribution in [2.45, 2.75) is 44.3 Å². The van der Waals surface area contributed by atoms with E-state index in [0.717, 1.165) is 76.5 Å². The smallest absolute Gasteiger partial charge is 0.132 e. The van der Waals surface area contributed by atoms with Crippen molar-refractivity contribution >= 4 is 23.1 Å². The standard InChI is InChI=1S/C28H39N7S/c1-2-5-24(31-25-6-3-4-7-27(25)34-14-10-23(29)11-15-34)26-21-36-28(32-26)35-18-16-33(17-19-35)20-22-8-12-30-13-9-22/h3-9,12-13,21,23,28,31-32H,2,10-11,14-20,29H2,1H3. The fourth-order valence-electron chi connectivity index (χ4n) is 5.13. The SMILES string of the molecule is CCC=C(Nc1ccccc1N1CCC(N)CC1)C1=CSC(N2CCN(Cc3ccncc3)CC2)N1. The second kappa shape index (κ2) is 12.1. The lowest BCUT2D eigenvalue weighted by Gasteiger charge is -2.38. The number of hydrogen-bond donors (Lipinski definition) is 3. The lowest BCUT2D eigenvalue weighted by Crippen LogP contribution is -2.52. The van der Waals surface area contributed by atoms with Gasteiger partial charge in [-0.3, -0.25) is 14.8 Å². The van der Waals surface area contributed by atoms with Crippen molar-refractivity contribution in [1.82, 2.24) is 20.1 Å². The Balaban J connectivity index is 1.18. The molecule has 4 heterocycles. The van der Waals surface area contributed by atoms with Gasteiger partial charge in [0, 0.05) is 64.2 Å². The van der Waals surface area contributed by atoms with E-state index in [1.54, 1.807) is 0 Å². The molecule has 3 aliphatic rings. The molecule has 36 heavy (non-hydrogen) atoms. The van der Waals surface area contributed by atoms with E-state index in [1.807, 2.05) is 24.2 Å². The fraction of sp³-hybridized carbons (Fsp3) is 0.464. The molecule has 4 N–H and O–H groups in total. The Hall–Kier alpha value is -2.52. The number of piperidine rings is 1. The highest BCUT2D eigenvalue weighted by Gasteiger charge is 2.28. The Morgan fingerprint density at radius 3 is 2.58 bits per heavy atom. The van der Waals surface area contributed by atoms with E-state index < -0.39 is 0 Å². The second-order valence-electron chi connectivity index (χ2n) is 9.82. The molecule has 0 aliphatic carbocycles. The van der Waals surface area contributed by atoms with Crippen LogP contribution in [0.5, 0.6) is 0 Å². The summed E-state index contributed by atoms with van der Waals surface area (Å²) >= 11 is 1.88. The van der Waals surface area contributed by atoms with E-state index in [0.29, 0.717) is 6.04 Å². The number of rotatable bonds is 8. The summed E-state index contributed by atoms with van der Waals surface area (Å²) in [6, 6.07) is 13.2. The number of anilines is 2. The van der Waals surface area contributed by atoms with Crippen LogP contribution in [0.1, 0.15) is 31.7 Å². The molecule has 0 bridgehead atoms. The van der Waals surface area contributed by atoms with Crippen LogP contribution in [0.4, 0.5) is 11.4 Å². The van der Waals surface area contributed by atoms with Gasteiger partial charge in [0.15, 0.2) is 0 Å². The number of pyridine rings is 1. The normalized spacial score (nSPS) is 22.4. The first-order chi connectivity index (χ1) is 17.7. The van der Waals surface area contributed by atoms with Crippen LogP contribution < -0.4 is 21.3 Å². The summed E-state index contributed by atoms with van der Waals surface area (Å²) < 4.78 is 0.